The third-order valence-corrected chi connectivity index (χ3v) is 6.72. The van der Waals surface area contributed by atoms with Crippen LogP contribution in [0.1, 0.15) is 18.4 Å². The second kappa shape index (κ2) is 9.39. The molecule has 0 radical (unpaired) electrons. The molecular weight excluding hydrogens is 390 g/mol. The van der Waals surface area contributed by atoms with Crippen LogP contribution in [0.5, 0.6) is 5.75 Å². The van der Waals surface area contributed by atoms with Gasteiger partial charge >= 0.3 is 0 Å². The Morgan fingerprint density at radius 2 is 1.86 bits per heavy atom. The molecule has 1 aliphatic rings. The number of rotatable bonds is 8. The summed E-state index contributed by atoms with van der Waals surface area (Å²) in [5, 5.41) is 2.80. The minimum absolute atomic E-state index is 0.181. The van der Waals surface area contributed by atoms with Crippen molar-refractivity contribution in [2.75, 3.05) is 39.1 Å². The number of likely N-dealkylation sites (N-methyl/N-ethyl adjacent to an activating group) is 1. The average Bonchev–Trinajstić information content (AvgIpc) is 3.24. The summed E-state index contributed by atoms with van der Waals surface area (Å²) in [6, 6.07) is 14.1. The smallest absolute Gasteiger partial charge is 0.243 e. The zero-order valence-electron chi connectivity index (χ0n) is 16.8. The van der Waals surface area contributed by atoms with Gasteiger partial charge in [-0.05, 0) is 55.8 Å². The topological polar surface area (TPSA) is 79.0 Å². The Labute approximate surface area is 172 Å². The third kappa shape index (κ3) is 5.56. The van der Waals surface area contributed by atoms with Gasteiger partial charge in [-0.3, -0.25) is 9.69 Å². The van der Waals surface area contributed by atoms with Crippen molar-refractivity contribution in [2.45, 2.75) is 24.3 Å². The molecule has 7 nitrogen and oxygen atoms in total. The Morgan fingerprint density at radius 1 is 1.14 bits per heavy atom. The molecule has 3 rings (SSSR count). The molecule has 0 saturated carbocycles. The van der Waals surface area contributed by atoms with Crippen LogP contribution in [0.3, 0.4) is 0 Å². The Balaban J connectivity index is 1.60. The van der Waals surface area contributed by atoms with Crippen LogP contribution in [0.4, 0.5) is 5.69 Å². The fourth-order valence-electron chi connectivity index (χ4n) is 3.40. The van der Waals surface area contributed by atoms with Crippen LogP contribution in [0.2, 0.25) is 0 Å². The molecule has 1 heterocycles. The van der Waals surface area contributed by atoms with Gasteiger partial charge in [0, 0.05) is 25.3 Å². The lowest BCUT2D eigenvalue weighted by atomic mass is 10.2. The second-order valence-corrected chi connectivity index (χ2v) is 9.15. The normalized spacial score (nSPS) is 14.9. The number of nitrogens with zero attached hydrogens (tertiary/aromatic N) is 2. The summed E-state index contributed by atoms with van der Waals surface area (Å²) in [5.41, 5.74) is 1.52. The van der Waals surface area contributed by atoms with Crippen LogP contribution >= 0.6 is 0 Å². The van der Waals surface area contributed by atoms with E-state index in [-0.39, 0.29) is 17.3 Å². The van der Waals surface area contributed by atoms with E-state index in [1.165, 1.54) is 10.4 Å². The van der Waals surface area contributed by atoms with Crippen molar-refractivity contribution >= 4 is 21.6 Å². The lowest BCUT2D eigenvalue weighted by Gasteiger charge is -2.18. The molecular formula is C21H27N3O4S. The van der Waals surface area contributed by atoms with E-state index < -0.39 is 10.0 Å². The summed E-state index contributed by atoms with van der Waals surface area (Å²) in [4.78, 5) is 14.5. The number of sulfonamides is 1. The summed E-state index contributed by atoms with van der Waals surface area (Å²) >= 11 is 0. The molecule has 2 aromatic rings. The van der Waals surface area contributed by atoms with Crippen LogP contribution in [0, 0.1) is 0 Å². The molecule has 0 atom stereocenters. The number of nitrogens with one attached hydrogen (secondary N) is 1. The first kappa shape index (κ1) is 21.3. The molecule has 1 amide bonds. The molecule has 1 saturated heterocycles. The number of ether oxygens (including phenoxy) is 1. The highest BCUT2D eigenvalue weighted by atomic mass is 32.2. The van der Waals surface area contributed by atoms with E-state index in [9.17, 15) is 13.2 Å². The molecule has 0 aromatic heterocycles. The molecule has 0 aliphatic carbocycles. The number of carbonyl (C=O) groups is 1. The van der Waals surface area contributed by atoms with E-state index >= 15 is 0 Å². The van der Waals surface area contributed by atoms with Crippen LogP contribution < -0.4 is 10.1 Å². The Bertz CT molecular complexity index is 956. The van der Waals surface area contributed by atoms with Gasteiger partial charge in [0.05, 0.1) is 18.6 Å². The van der Waals surface area contributed by atoms with Crippen LogP contribution in [-0.4, -0.2) is 57.3 Å². The van der Waals surface area contributed by atoms with Gasteiger partial charge in [0.15, 0.2) is 0 Å². The Hall–Kier alpha value is -2.42. The van der Waals surface area contributed by atoms with Crippen LogP contribution in [0.15, 0.2) is 53.4 Å². The Morgan fingerprint density at radius 3 is 2.59 bits per heavy atom. The number of carbonyl (C=O) groups excluding carboxylic acids is 1. The first-order valence-electron chi connectivity index (χ1n) is 9.60. The fourth-order valence-corrected chi connectivity index (χ4v) is 4.96. The lowest BCUT2D eigenvalue weighted by Crippen LogP contribution is -2.30. The van der Waals surface area contributed by atoms with Gasteiger partial charge in [-0.1, -0.05) is 18.2 Å². The molecule has 156 valence electrons. The molecule has 1 aliphatic heterocycles. The van der Waals surface area contributed by atoms with E-state index in [1.807, 2.05) is 36.2 Å². The maximum absolute atomic E-state index is 12.7. The molecule has 0 spiro atoms. The number of anilines is 1. The van der Waals surface area contributed by atoms with Crippen molar-refractivity contribution in [1.29, 1.82) is 0 Å². The molecule has 8 heteroatoms. The van der Waals surface area contributed by atoms with E-state index in [0.717, 1.165) is 24.2 Å². The summed E-state index contributed by atoms with van der Waals surface area (Å²) in [7, 11) is -0.0338. The molecule has 0 bridgehead atoms. The van der Waals surface area contributed by atoms with Gasteiger partial charge in [0.25, 0.3) is 0 Å². The molecule has 29 heavy (non-hydrogen) atoms. The first-order chi connectivity index (χ1) is 13.9. The summed E-state index contributed by atoms with van der Waals surface area (Å²) in [6.07, 6.45) is 1.77. The largest absolute Gasteiger partial charge is 0.497 e. The van der Waals surface area contributed by atoms with Crippen molar-refractivity contribution in [3.8, 4) is 5.75 Å². The van der Waals surface area contributed by atoms with Crippen LogP contribution in [-0.2, 0) is 21.4 Å². The number of benzene rings is 2. The predicted octanol–water partition coefficient (Wildman–Crippen LogP) is 2.55. The van der Waals surface area contributed by atoms with E-state index in [4.69, 9.17) is 4.74 Å². The van der Waals surface area contributed by atoms with Gasteiger partial charge in [-0.25, -0.2) is 8.42 Å². The van der Waals surface area contributed by atoms with Crippen molar-refractivity contribution in [3.05, 3.63) is 54.1 Å². The minimum atomic E-state index is -3.51. The second-order valence-electron chi connectivity index (χ2n) is 7.21. The van der Waals surface area contributed by atoms with Crippen molar-refractivity contribution in [2.24, 2.45) is 0 Å². The zero-order valence-corrected chi connectivity index (χ0v) is 17.6. The Kier molecular flexibility index (Phi) is 6.89. The van der Waals surface area contributed by atoms with Crippen molar-refractivity contribution in [3.63, 3.8) is 0 Å². The van der Waals surface area contributed by atoms with Gasteiger partial charge in [0.1, 0.15) is 5.75 Å². The molecule has 1 N–H and O–H groups in total. The molecule has 2 aromatic carbocycles. The summed E-state index contributed by atoms with van der Waals surface area (Å²) in [5.74, 6) is 0.572. The van der Waals surface area contributed by atoms with Crippen LogP contribution in [0.25, 0.3) is 0 Å². The fraction of sp³-hybridized carbons (Fsp3) is 0.381. The SMILES string of the molecule is COc1cccc(CN(C)CC(=O)Nc2cccc(S(=O)(=O)N3CCCC3)c2)c1. The highest BCUT2D eigenvalue weighted by molar-refractivity contribution is 7.89. The number of amides is 1. The van der Waals surface area contributed by atoms with Crippen molar-refractivity contribution in [1.82, 2.24) is 9.21 Å². The van der Waals surface area contributed by atoms with E-state index in [1.54, 1.807) is 25.3 Å². The molecule has 0 unspecified atom stereocenters. The standard InChI is InChI=1S/C21H27N3O4S/c1-23(15-17-7-5-9-19(13-17)28-2)16-21(25)22-18-8-6-10-20(14-18)29(26,27)24-11-3-4-12-24/h5-10,13-14H,3-4,11-12,15-16H2,1-2H3,(H,22,25). The highest BCUT2D eigenvalue weighted by Gasteiger charge is 2.27. The number of hydrogen-bond acceptors (Lipinski definition) is 5. The molecule has 1 fully saturated rings. The maximum atomic E-state index is 12.7. The van der Waals surface area contributed by atoms with Gasteiger partial charge in [0.2, 0.25) is 15.9 Å². The monoisotopic (exact) mass is 417 g/mol. The quantitative estimate of drug-likeness (QED) is 0.714. The van der Waals surface area contributed by atoms with Gasteiger partial charge in [-0.2, -0.15) is 4.31 Å². The van der Waals surface area contributed by atoms with Gasteiger partial charge < -0.3 is 10.1 Å². The first-order valence-corrected chi connectivity index (χ1v) is 11.0. The van der Waals surface area contributed by atoms with Gasteiger partial charge in [-0.15, -0.1) is 0 Å². The highest BCUT2D eigenvalue weighted by Crippen LogP contribution is 2.23. The van der Waals surface area contributed by atoms with E-state index in [0.29, 0.717) is 25.3 Å². The predicted molar refractivity (Wildman–Crippen MR) is 112 cm³/mol. The average molecular weight is 418 g/mol. The van der Waals surface area contributed by atoms with Crippen molar-refractivity contribution < 1.29 is 17.9 Å². The third-order valence-electron chi connectivity index (χ3n) is 4.82. The summed E-state index contributed by atoms with van der Waals surface area (Å²) < 4.78 is 32.1. The van der Waals surface area contributed by atoms with E-state index in [2.05, 4.69) is 5.32 Å². The lowest BCUT2D eigenvalue weighted by molar-refractivity contribution is -0.117. The summed E-state index contributed by atoms with van der Waals surface area (Å²) in [6.45, 7) is 1.87. The minimum Gasteiger partial charge on any atom is -0.497 e. The zero-order chi connectivity index (χ0) is 20.9. The number of methoxy groups -OCH3 is 1. The maximum Gasteiger partial charge on any atom is 0.243 e. The number of hydrogen-bond donors (Lipinski definition) is 1.